The monoisotopic (exact) mass is 501 g/mol. The summed E-state index contributed by atoms with van der Waals surface area (Å²) in [4.78, 5) is 20.3. The van der Waals surface area contributed by atoms with Crippen LogP contribution in [0.3, 0.4) is 0 Å². The molecule has 2 aliphatic heterocycles. The van der Waals surface area contributed by atoms with Crippen LogP contribution >= 0.6 is 11.6 Å². The molecule has 0 bridgehead atoms. The maximum Gasteiger partial charge on any atom is 0.223 e. The Bertz CT molecular complexity index is 1020. The van der Waals surface area contributed by atoms with Gasteiger partial charge in [-0.3, -0.25) is 14.4 Å². The number of halogens is 1. The number of hydrogen-bond donors (Lipinski definition) is 0. The summed E-state index contributed by atoms with van der Waals surface area (Å²) in [7, 11) is 2.12. The Morgan fingerprint density at radius 1 is 1.17 bits per heavy atom. The number of carbonyl (C=O) groups excluding carboxylic acids is 1. The summed E-state index contributed by atoms with van der Waals surface area (Å²) in [5, 5.41) is 5.37. The molecule has 1 aromatic heterocycles. The molecule has 0 aliphatic carbocycles. The third-order valence-electron chi connectivity index (χ3n) is 7.56. The van der Waals surface area contributed by atoms with Crippen molar-refractivity contribution < 1.29 is 9.53 Å². The summed E-state index contributed by atoms with van der Waals surface area (Å²) in [6.07, 6.45) is 4.73. The second-order valence-electron chi connectivity index (χ2n) is 10.5. The number of nitrogens with zero attached hydrogens (tertiary/aromatic N) is 5. The number of carbonyl (C=O) groups is 1. The first kappa shape index (κ1) is 26.0. The molecule has 0 spiro atoms. The van der Waals surface area contributed by atoms with Crippen molar-refractivity contribution in [1.82, 2.24) is 24.5 Å². The third-order valence-corrected chi connectivity index (χ3v) is 7.99. The predicted octanol–water partition coefficient (Wildman–Crippen LogP) is 4.00. The van der Waals surface area contributed by atoms with Crippen molar-refractivity contribution in [2.45, 2.75) is 53.1 Å². The van der Waals surface area contributed by atoms with Crippen molar-refractivity contribution in [3.63, 3.8) is 0 Å². The molecule has 3 heterocycles. The number of aryl methyl sites for hydroxylation is 3. The molecule has 7 nitrogen and oxygen atoms in total. The molecular weight excluding hydrogens is 462 g/mol. The zero-order valence-corrected chi connectivity index (χ0v) is 22.5. The minimum atomic E-state index is -0.221. The van der Waals surface area contributed by atoms with Gasteiger partial charge in [-0.1, -0.05) is 11.6 Å². The topological polar surface area (TPSA) is 53.8 Å². The number of likely N-dealkylation sites (tertiary alicyclic amines) is 1. The Morgan fingerprint density at radius 3 is 2.63 bits per heavy atom. The molecule has 0 saturated carbocycles. The average molecular weight is 502 g/mol. The van der Waals surface area contributed by atoms with Gasteiger partial charge in [-0.05, 0) is 71.0 Å². The highest BCUT2D eigenvalue weighted by molar-refractivity contribution is 6.31. The van der Waals surface area contributed by atoms with Crippen LogP contribution in [0.2, 0.25) is 5.02 Å². The summed E-state index contributed by atoms with van der Waals surface area (Å²) in [5.74, 6) is 1.07. The molecule has 2 aliphatic rings. The largest absolute Gasteiger partial charge is 0.493 e. The standard InChI is InChI=1S/C27H40ClN5O2/c1-5-33-18-23(22(3)29-33)17-31-10-6-9-27(19-31,16-26(34)32-13-11-30(4)12-14-32)20-35-24-7-8-25(28)21(2)15-24/h7-8,15,18H,5-6,9-14,16-17,19-20H2,1-4H3/t27-/m1/s1. The Kier molecular flexibility index (Phi) is 8.40. The lowest BCUT2D eigenvalue weighted by Gasteiger charge is -2.43. The van der Waals surface area contributed by atoms with E-state index in [2.05, 4.69) is 42.0 Å². The van der Waals surface area contributed by atoms with E-state index in [0.29, 0.717) is 13.0 Å². The molecule has 0 unspecified atom stereocenters. The summed E-state index contributed by atoms with van der Waals surface area (Å²) in [6.45, 7) is 13.8. The highest BCUT2D eigenvalue weighted by Crippen LogP contribution is 2.36. The summed E-state index contributed by atoms with van der Waals surface area (Å²) < 4.78 is 8.36. The fourth-order valence-electron chi connectivity index (χ4n) is 5.31. The lowest BCUT2D eigenvalue weighted by Crippen LogP contribution is -2.52. The number of piperidine rings is 1. The van der Waals surface area contributed by atoms with Crippen molar-refractivity contribution in [2.24, 2.45) is 5.41 Å². The number of ether oxygens (including phenoxy) is 1. The van der Waals surface area contributed by atoms with E-state index in [1.165, 1.54) is 5.56 Å². The van der Waals surface area contributed by atoms with Gasteiger partial charge < -0.3 is 14.5 Å². The van der Waals surface area contributed by atoms with Crippen LogP contribution in [0, 0.1) is 19.3 Å². The van der Waals surface area contributed by atoms with Crippen molar-refractivity contribution in [3.05, 3.63) is 46.2 Å². The molecule has 35 heavy (non-hydrogen) atoms. The van der Waals surface area contributed by atoms with Crippen LogP contribution in [-0.4, -0.2) is 83.3 Å². The van der Waals surface area contributed by atoms with E-state index >= 15 is 0 Å². The van der Waals surface area contributed by atoms with Crippen molar-refractivity contribution in [2.75, 3.05) is 52.9 Å². The minimum absolute atomic E-state index is 0.221. The quantitative estimate of drug-likeness (QED) is 0.547. The van der Waals surface area contributed by atoms with E-state index in [9.17, 15) is 4.79 Å². The molecular formula is C27H40ClN5O2. The molecule has 8 heteroatoms. The van der Waals surface area contributed by atoms with Gasteiger partial charge in [0.05, 0.1) is 12.3 Å². The number of amides is 1. The van der Waals surface area contributed by atoms with E-state index in [1.807, 2.05) is 34.7 Å². The van der Waals surface area contributed by atoms with Crippen LogP contribution in [0.1, 0.15) is 43.0 Å². The van der Waals surface area contributed by atoms with Gasteiger partial charge >= 0.3 is 0 Å². The summed E-state index contributed by atoms with van der Waals surface area (Å²) >= 11 is 6.22. The molecule has 2 aromatic rings. The Labute approximate surface area is 215 Å². The predicted molar refractivity (Wildman–Crippen MR) is 140 cm³/mol. The summed E-state index contributed by atoms with van der Waals surface area (Å²) in [6, 6.07) is 5.80. The molecule has 1 atom stereocenters. The first-order chi connectivity index (χ1) is 16.8. The first-order valence-electron chi connectivity index (χ1n) is 12.9. The molecule has 2 saturated heterocycles. The molecule has 1 amide bonds. The van der Waals surface area contributed by atoms with Gasteiger partial charge in [-0.15, -0.1) is 0 Å². The van der Waals surface area contributed by atoms with Crippen LogP contribution < -0.4 is 4.74 Å². The molecule has 2 fully saturated rings. The number of rotatable bonds is 8. The normalized spacial score (nSPS) is 21.9. The lowest BCUT2D eigenvalue weighted by atomic mass is 9.77. The third kappa shape index (κ3) is 6.57. The van der Waals surface area contributed by atoms with Crippen LogP contribution in [0.25, 0.3) is 0 Å². The van der Waals surface area contributed by atoms with Gasteiger partial charge in [-0.2, -0.15) is 5.10 Å². The fourth-order valence-corrected chi connectivity index (χ4v) is 5.42. The molecule has 192 valence electrons. The zero-order valence-electron chi connectivity index (χ0n) is 21.7. The van der Waals surface area contributed by atoms with Crippen molar-refractivity contribution in [3.8, 4) is 5.75 Å². The van der Waals surface area contributed by atoms with E-state index in [0.717, 1.165) is 87.2 Å². The van der Waals surface area contributed by atoms with E-state index in [-0.39, 0.29) is 11.3 Å². The molecule has 0 radical (unpaired) electrons. The van der Waals surface area contributed by atoms with E-state index in [4.69, 9.17) is 16.3 Å². The second-order valence-corrected chi connectivity index (χ2v) is 10.9. The molecule has 0 N–H and O–H groups in total. The van der Waals surface area contributed by atoms with Gasteiger partial charge in [0.25, 0.3) is 0 Å². The maximum absolute atomic E-state index is 13.5. The maximum atomic E-state index is 13.5. The highest BCUT2D eigenvalue weighted by atomic mass is 35.5. The smallest absolute Gasteiger partial charge is 0.223 e. The Hall–Kier alpha value is -2.09. The number of benzene rings is 1. The van der Waals surface area contributed by atoms with E-state index in [1.54, 1.807) is 0 Å². The average Bonchev–Trinajstić information content (AvgIpc) is 3.19. The number of hydrogen-bond acceptors (Lipinski definition) is 5. The SMILES string of the molecule is CCn1cc(CN2CCC[C@@](COc3ccc(Cl)c(C)c3)(CC(=O)N3CCN(C)CC3)C2)c(C)n1. The van der Waals surface area contributed by atoms with E-state index < -0.39 is 0 Å². The second kappa shape index (κ2) is 11.3. The fraction of sp³-hybridized carbons (Fsp3) is 0.630. The van der Waals surface area contributed by atoms with Gasteiger partial charge in [0.1, 0.15) is 5.75 Å². The molecule has 4 rings (SSSR count). The van der Waals surface area contributed by atoms with Crippen LogP contribution in [-0.2, 0) is 17.9 Å². The van der Waals surface area contributed by atoms with Gasteiger partial charge in [0.15, 0.2) is 0 Å². The van der Waals surface area contributed by atoms with Crippen LogP contribution in [0.5, 0.6) is 5.75 Å². The summed E-state index contributed by atoms with van der Waals surface area (Å²) in [5.41, 5.74) is 3.13. The molecule has 1 aromatic carbocycles. The number of likely N-dealkylation sites (N-methyl/N-ethyl adjacent to an activating group) is 1. The van der Waals surface area contributed by atoms with Crippen LogP contribution in [0.4, 0.5) is 0 Å². The first-order valence-corrected chi connectivity index (χ1v) is 13.3. The highest BCUT2D eigenvalue weighted by Gasteiger charge is 2.40. The Morgan fingerprint density at radius 2 is 1.94 bits per heavy atom. The van der Waals surface area contributed by atoms with Crippen molar-refractivity contribution in [1.29, 1.82) is 0 Å². The van der Waals surface area contributed by atoms with Gasteiger partial charge in [0.2, 0.25) is 5.91 Å². The number of piperazine rings is 1. The van der Waals surface area contributed by atoms with Crippen LogP contribution in [0.15, 0.2) is 24.4 Å². The zero-order chi connectivity index (χ0) is 25.0. The van der Waals surface area contributed by atoms with Crippen molar-refractivity contribution >= 4 is 17.5 Å². The lowest BCUT2D eigenvalue weighted by molar-refractivity contribution is -0.137. The van der Waals surface area contributed by atoms with Gasteiger partial charge in [-0.25, -0.2) is 0 Å². The number of aromatic nitrogens is 2. The van der Waals surface area contributed by atoms with Gasteiger partial charge in [0, 0.05) is 74.4 Å². The Balaban J connectivity index is 1.50. The minimum Gasteiger partial charge on any atom is -0.493 e.